The molecule has 1 aliphatic carbocycles. The van der Waals surface area contributed by atoms with Crippen LogP contribution in [-0.2, 0) is 38.4 Å². The van der Waals surface area contributed by atoms with Gasteiger partial charge in [0.05, 0.1) is 0 Å². The van der Waals surface area contributed by atoms with E-state index >= 15 is 0 Å². The first-order valence-electron chi connectivity index (χ1n) is 47.9. The average molecular weight is 1790 g/mol. The molecule has 8 amide bonds. The van der Waals surface area contributed by atoms with Crippen molar-refractivity contribution in [1.82, 2.24) is 42.5 Å². The third-order valence-electron chi connectivity index (χ3n) is 22.6. The number of hydrogen-bond acceptors (Lipinski definition) is 24. The van der Waals surface area contributed by atoms with Crippen molar-refractivity contribution in [3.8, 4) is 46.0 Å². The largest absolute Gasteiger partial charge is 0.483 e. The number of rotatable bonds is 72. The van der Waals surface area contributed by atoms with Crippen LogP contribution >= 0.6 is 0 Å². The van der Waals surface area contributed by atoms with Gasteiger partial charge in [-0.25, -0.2) is 0 Å². The molecule has 720 valence electrons. The van der Waals surface area contributed by atoms with Gasteiger partial charge in [0.1, 0.15) is 46.0 Å². The van der Waals surface area contributed by atoms with Crippen molar-refractivity contribution in [1.29, 1.82) is 0 Å². The summed E-state index contributed by atoms with van der Waals surface area (Å²) in [6.45, 7) is 6.76. The van der Waals surface area contributed by atoms with E-state index in [1.165, 1.54) is 0 Å². The molecule has 0 unspecified atom stereocenters. The third-order valence-corrected chi connectivity index (χ3v) is 22.6. The number of amides is 8. The second-order valence-electron chi connectivity index (χ2n) is 33.0. The number of hydrogen-bond donors (Lipinski definition) is 16. The lowest BCUT2D eigenvalue weighted by molar-refractivity contribution is -0.123. The molecule has 1 aliphatic rings. The lowest BCUT2D eigenvalue weighted by Gasteiger charge is -2.32. The van der Waals surface area contributed by atoms with E-state index in [9.17, 15) is 38.4 Å². The van der Waals surface area contributed by atoms with Gasteiger partial charge in [-0.15, -0.1) is 0 Å². The highest BCUT2D eigenvalue weighted by molar-refractivity contribution is 5.82. The molecule has 32 nitrogen and oxygen atoms in total. The Morgan fingerprint density at radius 1 is 0.203 bits per heavy atom. The number of unbranched alkanes of at least 4 members (excludes halogenated alkanes) is 24. The quantitative estimate of drug-likeness (QED) is 0.0184. The first-order valence-corrected chi connectivity index (χ1v) is 47.9. The summed E-state index contributed by atoms with van der Waals surface area (Å²) in [5.74, 6) is -5.73. The molecule has 24 N–H and O–H groups in total. The highest BCUT2D eigenvalue weighted by Gasteiger charge is 2.37. The monoisotopic (exact) mass is 1790 g/mol. The van der Waals surface area contributed by atoms with E-state index < -0.39 is 124 Å². The van der Waals surface area contributed by atoms with Crippen molar-refractivity contribution in [3.63, 3.8) is 0 Å². The van der Waals surface area contributed by atoms with Gasteiger partial charge in [0.2, 0.25) is 0 Å². The molecule has 0 radical (unpaired) electrons. The van der Waals surface area contributed by atoms with Gasteiger partial charge in [0, 0.05) is 197 Å². The van der Waals surface area contributed by atoms with Gasteiger partial charge in [-0.3, -0.25) is 38.4 Å². The van der Waals surface area contributed by atoms with Crippen molar-refractivity contribution >= 4 is 47.3 Å². The predicted molar refractivity (Wildman–Crippen MR) is 504 cm³/mol. The molecule has 5 rings (SSSR count). The molecule has 0 spiro atoms. The van der Waals surface area contributed by atoms with Crippen LogP contribution in [0.4, 0.5) is 0 Å². The average Bonchev–Trinajstić information content (AvgIpc) is 0.744. The van der Waals surface area contributed by atoms with Crippen LogP contribution < -0.4 is 126 Å². The Bertz CT molecular complexity index is 3200. The maximum atomic E-state index is 14.3. The Morgan fingerprint density at radius 2 is 0.328 bits per heavy atom. The number of nitrogens with one attached hydrogen (secondary N) is 8. The van der Waals surface area contributed by atoms with E-state index in [0.717, 1.165) is 154 Å². The Morgan fingerprint density at radius 3 is 0.453 bits per heavy atom. The molecule has 128 heavy (non-hydrogen) atoms. The Labute approximate surface area is 761 Å². The molecule has 0 heterocycles. The van der Waals surface area contributed by atoms with Crippen LogP contribution in [0, 0.1) is 0 Å². The second kappa shape index (κ2) is 67.0. The van der Waals surface area contributed by atoms with E-state index in [4.69, 9.17) is 83.8 Å². The first-order chi connectivity index (χ1) is 62.4. The van der Waals surface area contributed by atoms with Crippen molar-refractivity contribution in [2.45, 2.75) is 257 Å². The Hall–Kier alpha value is -9.28. The van der Waals surface area contributed by atoms with Crippen LogP contribution in [0.15, 0.2) is 48.5 Å². The van der Waals surface area contributed by atoms with Crippen LogP contribution in [0.2, 0.25) is 0 Å². The third kappa shape index (κ3) is 41.2. The van der Waals surface area contributed by atoms with E-state index in [2.05, 4.69) is 70.2 Å². The van der Waals surface area contributed by atoms with E-state index in [0.29, 0.717) is 95.9 Å². The van der Waals surface area contributed by atoms with E-state index in [1.54, 1.807) is 24.3 Å². The highest BCUT2D eigenvalue weighted by Crippen LogP contribution is 2.54. The molecule has 0 saturated carbocycles. The van der Waals surface area contributed by atoms with Crippen molar-refractivity contribution in [2.24, 2.45) is 45.9 Å². The number of ether oxygens (including phenoxy) is 8. The molecule has 4 aromatic carbocycles. The lowest BCUT2D eigenvalue weighted by Crippen LogP contribution is -2.33. The van der Waals surface area contributed by atoms with Gasteiger partial charge in [-0.05, 0) is 49.9 Å². The maximum Gasteiger partial charge on any atom is 0.257 e. The Balaban J connectivity index is 2.39. The summed E-state index contributed by atoms with van der Waals surface area (Å²) in [6, 6.07) is 15.0. The van der Waals surface area contributed by atoms with Gasteiger partial charge < -0.3 is 126 Å². The number of carbonyl (C=O) groups is 8. The fourth-order valence-corrected chi connectivity index (χ4v) is 15.9. The topological polar surface area (TPSA) is 515 Å². The van der Waals surface area contributed by atoms with E-state index in [1.807, 2.05) is 24.3 Å². The summed E-state index contributed by atoms with van der Waals surface area (Å²) in [7, 11) is 0. The smallest absolute Gasteiger partial charge is 0.257 e. The minimum absolute atomic E-state index is 0.136. The second-order valence-corrected chi connectivity index (χ2v) is 33.0. The minimum Gasteiger partial charge on any atom is -0.483 e. The number of carbonyl (C=O) groups excluding carboxylic acids is 8. The molecule has 0 saturated heterocycles. The van der Waals surface area contributed by atoms with Gasteiger partial charge in [-0.1, -0.05) is 207 Å². The molecule has 32 heteroatoms. The normalized spacial score (nSPS) is 13.9. The predicted octanol–water partition coefficient (Wildman–Crippen LogP) is 8.72. The molecule has 0 aromatic heterocycles. The van der Waals surface area contributed by atoms with Crippen LogP contribution in [0.1, 0.15) is 301 Å². The summed E-state index contributed by atoms with van der Waals surface area (Å²) < 4.78 is 56.1. The van der Waals surface area contributed by atoms with Gasteiger partial charge in [-0.2, -0.15) is 0 Å². The summed E-state index contributed by atoms with van der Waals surface area (Å²) in [4.78, 5) is 115. The van der Waals surface area contributed by atoms with Crippen molar-refractivity contribution in [3.05, 3.63) is 93.0 Å². The number of nitrogens with two attached hydrogens (primary N) is 8. The number of benzene rings is 4. The zero-order chi connectivity index (χ0) is 92.7. The molecule has 4 aromatic rings. The lowest BCUT2D eigenvalue weighted by atomic mass is 9.76. The fourth-order valence-electron chi connectivity index (χ4n) is 15.9. The minimum atomic E-state index is -0.828. The first kappa shape index (κ1) is 109. The SMILES string of the molecule is CCCCCCCCCC1c2cc(c(OCC(=O)NCCN)cc2OCC(=O)NCCN)C(CCCCCCCCC)c2cc(c(OCC(=O)NCCN)cc2OCC(=O)NCCN)C(CCCCCCCCC)c2cc(c(OCC(=O)NCCN)cc2OCC(=O)NCCN)C(CCCCCCCCC)c2cc1c(OCC(=O)NCCN)cc2OCC(=O)NCCN. The summed E-state index contributed by atoms with van der Waals surface area (Å²) >= 11 is 0. The summed E-state index contributed by atoms with van der Waals surface area (Å²) in [5.41, 5.74) is 52.5. The fraction of sp³-hybridized carbons (Fsp3) is 0.667. The molecule has 0 fully saturated rings. The molecular weight excluding hydrogens is 1630 g/mol. The van der Waals surface area contributed by atoms with Crippen molar-refractivity contribution < 1.29 is 76.3 Å². The Kier molecular flexibility index (Phi) is 57.2. The highest BCUT2D eigenvalue weighted by atomic mass is 16.5. The summed E-state index contributed by atoms with van der Waals surface area (Å²) in [6.07, 6.45) is 27.0. The zero-order valence-corrected chi connectivity index (χ0v) is 77.7. The zero-order valence-electron chi connectivity index (χ0n) is 77.7. The molecule has 0 aliphatic heterocycles. The van der Waals surface area contributed by atoms with Crippen LogP contribution in [0.3, 0.4) is 0 Å². The number of fused-ring (bicyclic) bond motifs is 8. The van der Waals surface area contributed by atoms with Crippen molar-refractivity contribution in [2.75, 3.05) is 158 Å². The summed E-state index contributed by atoms with van der Waals surface area (Å²) in [5, 5.41) is 23.0. The molecular formula is C96H160N16O16. The van der Waals surface area contributed by atoms with Gasteiger partial charge in [0.25, 0.3) is 47.3 Å². The standard InChI is InChI=1S/C96H160N16O16/c1-5-9-13-17-21-25-29-33-69-73-53-75(83(123-63-91(115)107-47-39-99)57-81(73)121-61-89(113)105-45-37-97)70(34-30-26-22-18-14-10-6-2)77-55-79(87(127-67-95(119)111-51-43-103)59-85(77)125-65-93(117)109-49-41-101)72(36-32-28-24-20-16-12-8-4)80-56-78(86(126-66-94(118)110-50-42-102)60-88(80)128-68-96(120)112-52-44-104)71(35-31-27-23-19-15-11-7-3)76-54-74(69)82(122-62-90(114)106-46-38-98)58-84(76)124-64-92(116)108-48-40-100/h53-60,69-72H,5-52,61-68,97-104H2,1-4H3,(H,105,113)(H,106,114)(H,107,115)(H,108,116)(H,109,117)(H,110,118)(H,111,119)(H,112,120). The van der Waals surface area contributed by atoms with Crippen LogP contribution in [0.5, 0.6) is 46.0 Å². The molecule has 0 atom stereocenters. The van der Waals surface area contributed by atoms with Crippen LogP contribution in [-0.4, -0.2) is 205 Å². The maximum absolute atomic E-state index is 14.3. The molecule has 8 bridgehead atoms. The van der Waals surface area contributed by atoms with E-state index in [-0.39, 0.29) is 151 Å². The van der Waals surface area contributed by atoms with Gasteiger partial charge >= 0.3 is 0 Å². The van der Waals surface area contributed by atoms with Crippen LogP contribution in [0.25, 0.3) is 0 Å². The van der Waals surface area contributed by atoms with Gasteiger partial charge in [0.15, 0.2) is 52.9 Å².